The lowest BCUT2D eigenvalue weighted by Crippen LogP contribution is -2.11. The van der Waals surface area contributed by atoms with Crippen molar-refractivity contribution in [3.8, 4) is 5.75 Å². The Morgan fingerprint density at radius 2 is 2.08 bits per heavy atom. The van der Waals surface area contributed by atoms with Crippen LogP contribution in [-0.2, 0) is 0 Å². The molecule has 2 unspecified atom stereocenters. The van der Waals surface area contributed by atoms with Crippen LogP contribution in [0.3, 0.4) is 0 Å². The van der Waals surface area contributed by atoms with E-state index in [0.717, 1.165) is 0 Å². The maximum atomic E-state index is 13.5. The van der Waals surface area contributed by atoms with Crippen molar-refractivity contribution in [2.75, 3.05) is 0 Å². The zero-order chi connectivity index (χ0) is 17.7. The summed E-state index contributed by atoms with van der Waals surface area (Å²) in [4.78, 5) is 4.27. The first-order chi connectivity index (χ1) is 12.0. The van der Waals surface area contributed by atoms with Crippen LogP contribution in [0.5, 0.6) is 5.75 Å². The number of fused-ring (bicyclic) bond motifs is 3. The standard InChI is InChI=1S/C17H12ClF3N2O2/c18-9-2-1-3-14(25-17(20)21)15(9)12-7-13(24)16-22-10-6-8(19)4-5-11(10)23(12)16/h1-6,12-13,17,24H,7H2. The molecule has 4 nitrogen and oxygen atoms in total. The average Bonchev–Trinajstić information content (AvgIpc) is 3.05. The Labute approximate surface area is 145 Å². The van der Waals surface area contributed by atoms with Crippen molar-refractivity contribution < 1.29 is 23.0 Å². The van der Waals surface area contributed by atoms with Crippen molar-refractivity contribution in [3.05, 3.63) is 58.6 Å². The van der Waals surface area contributed by atoms with Gasteiger partial charge in [0.15, 0.2) is 0 Å². The molecule has 1 aliphatic rings. The van der Waals surface area contributed by atoms with E-state index >= 15 is 0 Å². The Bertz CT molecular complexity index is 960. The first-order valence-electron chi connectivity index (χ1n) is 7.54. The summed E-state index contributed by atoms with van der Waals surface area (Å²) >= 11 is 6.25. The summed E-state index contributed by atoms with van der Waals surface area (Å²) in [6.45, 7) is -3.00. The predicted octanol–water partition coefficient (Wildman–Crippen LogP) is 4.46. The van der Waals surface area contributed by atoms with E-state index in [4.69, 9.17) is 11.6 Å². The van der Waals surface area contributed by atoms with E-state index < -0.39 is 24.6 Å². The summed E-state index contributed by atoms with van der Waals surface area (Å²) in [6.07, 6.45) is -0.713. The summed E-state index contributed by atoms with van der Waals surface area (Å²) < 4.78 is 45.3. The van der Waals surface area contributed by atoms with Crippen molar-refractivity contribution in [2.24, 2.45) is 0 Å². The minimum absolute atomic E-state index is 0.0588. The SMILES string of the molecule is OC1CC(c2c(Cl)cccc2OC(F)F)n2c1nc1cc(F)ccc12. The molecule has 0 saturated carbocycles. The van der Waals surface area contributed by atoms with Crippen molar-refractivity contribution in [1.29, 1.82) is 0 Å². The number of benzene rings is 2. The molecule has 25 heavy (non-hydrogen) atoms. The van der Waals surface area contributed by atoms with Crippen LogP contribution >= 0.6 is 11.6 Å². The number of ether oxygens (including phenoxy) is 1. The Balaban J connectivity index is 1.92. The van der Waals surface area contributed by atoms with Gasteiger partial charge in [-0.05, 0) is 24.3 Å². The van der Waals surface area contributed by atoms with E-state index in [1.807, 2.05) is 0 Å². The van der Waals surface area contributed by atoms with Gasteiger partial charge >= 0.3 is 6.61 Å². The van der Waals surface area contributed by atoms with Crippen LogP contribution < -0.4 is 4.74 Å². The first-order valence-corrected chi connectivity index (χ1v) is 7.92. The second kappa shape index (κ2) is 5.93. The third-order valence-corrected chi connectivity index (χ3v) is 4.63. The second-order valence-corrected chi connectivity index (χ2v) is 6.18. The van der Waals surface area contributed by atoms with Crippen LogP contribution in [0.1, 0.15) is 30.0 Å². The van der Waals surface area contributed by atoms with E-state index in [9.17, 15) is 18.3 Å². The molecule has 0 radical (unpaired) electrons. The fourth-order valence-electron chi connectivity index (χ4n) is 3.36. The molecule has 2 aromatic carbocycles. The van der Waals surface area contributed by atoms with Gasteiger partial charge < -0.3 is 14.4 Å². The van der Waals surface area contributed by atoms with Gasteiger partial charge in [-0.2, -0.15) is 8.78 Å². The molecule has 1 aliphatic heterocycles. The molecule has 0 spiro atoms. The lowest BCUT2D eigenvalue weighted by atomic mass is 10.0. The van der Waals surface area contributed by atoms with E-state index in [0.29, 0.717) is 22.4 Å². The van der Waals surface area contributed by atoms with Crippen LogP contribution in [0.2, 0.25) is 5.02 Å². The van der Waals surface area contributed by atoms with Crippen LogP contribution in [-0.4, -0.2) is 21.3 Å². The molecule has 3 aromatic rings. The molecule has 1 N–H and O–H groups in total. The third kappa shape index (κ3) is 2.63. The van der Waals surface area contributed by atoms with Gasteiger partial charge in [-0.1, -0.05) is 17.7 Å². The highest BCUT2D eigenvalue weighted by molar-refractivity contribution is 6.31. The van der Waals surface area contributed by atoms with E-state index in [-0.39, 0.29) is 17.2 Å². The minimum Gasteiger partial charge on any atom is -0.434 e. The first kappa shape index (κ1) is 16.2. The summed E-state index contributed by atoms with van der Waals surface area (Å²) in [5.41, 5.74) is 1.30. The van der Waals surface area contributed by atoms with Gasteiger partial charge in [-0.3, -0.25) is 0 Å². The number of aliphatic hydroxyl groups excluding tert-OH is 1. The highest BCUT2D eigenvalue weighted by Crippen LogP contribution is 2.46. The van der Waals surface area contributed by atoms with Crippen LogP contribution in [0, 0.1) is 5.82 Å². The molecule has 1 aromatic heterocycles. The summed E-state index contributed by atoms with van der Waals surface area (Å²) in [6, 6.07) is 8.00. The average molecular weight is 369 g/mol. The number of halogens is 4. The number of hydrogen-bond acceptors (Lipinski definition) is 3. The van der Waals surface area contributed by atoms with Crippen molar-refractivity contribution in [3.63, 3.8) is 0 Å². The quantitative estimate of drug-likeness (QED) is 0.742. The largest absolute Gasteiger partial charge is 0.434 e. The lowest BCUT2D eigenvalue weighted by Gasteiger charge is -2.20. The second-order valence-electron chi connectivity index (χ2n) is 5.77. The van der Waals surface area contributed by atoms with Crippen molar-refractivity contribution >= 4 is 22.6 Å². The van der Waals surface area contributed by atoms with Crippen LogP contribution in [0.15, 0.2) is 36.4 Å². The molecular formula is C17H12ClF3N2O2. The summed E-state index contributed by atoms with van der Waals surface area (Å²) in [5, 5.41) is 10.6. The topological polar surface area (TPSA) is 47.3 Å². The van der Waals surface area contributed by atoms with Crippen molar-refractivity contribution in [1.82, 2.24) is 9.55 Å². The number of alkyl halides is 2. The van der Waals surface area contributed by atoms with Gasteiger partial charge in [0.25, 0.3) is 0 Å². The number of imidazole rings is 1. The number of aromatic nitrogens is 2. The molecule has 130 valence electrons. The van der Waals surface area contributed by atoms with Crippen LogP contribution in [0.25, 0.3) is 11.0 Å². The molecule has 0 amide bonds. The molecule has 8 heteroatoms. The molecule has 0 aliphatic carbocycles. The number of hydrogen-bond donors (Lipinski definition) is 1. The lowest BCUT2D eigenvalue weighted by molar-refractivity contribution is -0.0507. The van der Waals surface area contributed by atoms with E-state index in [2.05, 4.69) is 9.72 Å². The summed E-state index contributed by atoms with van der Waals surface area (Å²) in [5.74, 6) is -0.167. The zero-order valence-corrected chi connectivity index (χ0v) is 13.4. The maximum absolute atomic E-state index is 13.5. The third-order valence-electron chi connectivity index (χ3n) is 4.30. The highest BCUT2D eigenvalue weighted by Gasteiger charge is 2.36. The molecule has 0 saturated heterocycles. The Kier molecular flexibility index (Phi) is 3.85. The van der Waals surface area contributed by atoms with Gasteiger partial charge in [0.05, 0.1) is 17.1 Å². The molecule has 4 rings (SSSR count). The molecule has 0 bridgehead atoms. The van der Waals surface area contributed by atoms with Gasteiger partial charge in [0.2, 0.25) is 0 Å². The minimum atomic E-state index is -3.00. The maximum Gasteiger partial charge on any atom is 0.387 e. The number of nitrogens with zero attached hydrogens (tertiary/aromatic N) is 2. The van der Waals surface area contributed by atoms with Gasteiger partial charge in [-0.15, -0.1) is 0 Å². The fraction of sp³-hybridized carbons (Fsp3) is 0.235. The fourth-order valence-corrected chi connectivity index (χ4v) is 3.65. The Morgan fingerprint density at radius 1 is 1.28 bits per heavy atom. The molecule has 2 atom stereocenters. The Hall–Kier alpha value is -2.25. The molecular weight excluding hydrogens is 357 g/mol. The normalized spacial score (nSPS) is 19.6. The van der Waals surface area contributed by atoms with Gasteiger partial charge in [-0.25, -0.2) is 9.37 Å². The van der Waals surface area contributed by atoms with E-state index in [1.165, 1.54) is 30.3 Å². The predicted molar refractivity (Wildman–Crippen MR) is 85.5 cm³/mol. The highest BCUT2D eigenvalue weighted by atomic mass is 35.5. The van der Waals surface area contributed by atoms with Crippen molar-refractivity contribution in [2.45, 2.75) is 25.2 Å². The van der Waals surface area contributed by atoms with Crippen LogP contribution in [0.4, 0.5) is 13.2 Å². The van der Waals surface area contributed by atoms with Gasteiger partial charge in [0.1, 0.15) is 23.5 Å². The smallest absolute Gasteiger partial charge is 0.387 e. The monoisotopic (exact) mass is 368 g/mol. The Morgan fingerprint density at radius 3 is 2.84 bits per heavy atom. The molecule has 2 heterocycles. The van der Waals surface area contributed by atoms with E-state index in [1.54, 1.807) is 10.6 Å². The zero-order valence-electron chi connectivity index (χ0n) is 12.7. The molecule has 0 fully saturated rings. The number of aliphatic hydroxyl groups is 1. The van der Waals surface area contributed by atoms with Gasteiger partial charge in [0, 0.05) is 23.1 Å². The summed E-state index contributed by atoms with van der Waals surface area (Å²) in [7, 11) is 0. The number of rotatable bonds is 3.